The fourth-order valence-corrected chi connectivity index (χ4v) is 1.59. The molecule has 0 saturated carbocycles. The third-order valence-electron chi connectivity index (χ3n) is 2.49. The Morgan fingerprint density at radius 2 is 2.13 bits per heavy atom. The van der Waals surface area contributed by atoms with Crippen molar-refractivity contribution in [3.8, 4) is 0 Å². The smallest absolute Gasteiger partial charge is 0.228 e. The highest BCUT2D eigenvalue weighted by Crippen LogP contribution is 2.25. The van der Waals surface area contributed by atoms with E-state index in [1.165, 1.54) is 11.1 Å². The molecule has 2 heterocycles. The van der Waals surface area contributed by atoms with Crippen LogP contribution in [0.25, 0.3) is 0 Å². The number of rotatable bonds is 0. The van der Waals surface area contributed by atoms with Gasteiger partial charge in [0.05, 0.1) is 0 Å². The summed E-state index contributed by atoms with van der Waals surface area (Å²) in [5.74, 6) is 0.879. The lowest BCUT2D eigenvalue weighted by molar-refractivity contribution is -0.119. The van der Waals surface area contributed by atoms with E-state index in [0.29, 0.717) is 0 Å². The number of hydrogen-bond donors (Lipinski definition) is 1. The molecule has 2 rings (SSSR count). The average molecular weight is 206 g/mol. The second-order valence-corrected chi connectivity index (χ2v) is 3.55. The van der Waals surface area contributed by atoms with Crippen LogP contribution in [-0.2, 0) is 11.2 Å². The zero-order valence-corrected chi connectivity index (χ0v) is 9.79. The van der Waals surface area contributed by atoms with Gasteiger partial charge in [-0.25, -0.2) is 4.98 Å². The van der Waals surface area contributed by atoms with Crippen molar-refractivity contribution in [2.45, 2.75) is 34.1 Å². The van der Waals surface area contributed by atoms with E-state index in [9.17, 15) is 4.79 Å². The minimum absolute atomic E-state index is 0.0652. The van der Waals surface area contributed by atoms with Crippen LogP contribution < -0.4 is 5.32 Å². The van der Waals surface area contributed by atoms with Gasteiger partial charge in [0, 0.05) is 12.1 Å². The van der Waals surface area contributed by atoms with E-state index in [4.69, 9.17) is 0 Å². The van der Waals surface area contributed by atoms with Crippen molar-refractivity contribution in [2.24, 2.45) is 5.92 Å². The van der Waals surface area contributed by atoms with E-state index in [1.54, 1.807) is 6.20 Å². The van der Waals surface area contributed by atoms with Gasteiger partial charge in [0.1, 0.15) is 5.82 Å². The molecule has 0 aliphatic carbocycles. The molecule has 1 amide bonds. The minimum atomic E-state index is 0.0652. The number of anilines is 1. The van der Waals surface area contributed by atoms with Crippen LogP contribution in [0, 0.1) is 12.8 Å². The number of nitrogens with one attached hydrogen (secondary N) is 1. The monoisotopic (exact) mass is 206 g/mol. The van der Waals surface area contributed by atoms with Gasteiger partial charge in [-0.2, -0.15) is 0 Å². The Balaban J connectivity index is 0.000000531. The molecule has 3 heteroatoms. The molecule has 1 atom stereocenters. The van der Waals surface area contributed by atoms with Crippen LogP contribution in [-0.4, -0.2) is 10.9 Å². The molecule has 82 valence electrons. The summed E-state index contributed by atoms with van der Waals surface area (Å²) < 4.78 is 0. The third kappa shape index (κ3) is 2.35. The Labute approximate surface area is 90.9 Å². The Morgan fingerprint density at radius 3 is 2.80 bits per heavy atom. The topological polar surface area (TPSA) is 42.0 Å². The molecular weight excluding hydrogens is 188 g/mol. The SMILES string of the molecule is CC.Cc1ccnc2c1CC(C)C(=O)N2. The summed E-state index contributed by atoms with van der Waals surface area (Å²) >= 11 is 0. The summed E-state index contributed by atoms with van der Waals surface area (Å²) in [4.78, 5) is 15.5. The molecule has 1 N–H and O–H groups in total. The second kappa shape index (κ2) is 4.91. The van der Waals surface area contributed by atoms with Crippen LogP contribution in [0.1, 0.15) is 31.9 Å². The van der Waals surface area contributed by atoms with E-state index in [2.05, 4.69) is 10.3 Å². The van der Waals surface area contributed by atoms with Gasteiger partial charge in [-0.05, 0) is 30.5 Å². The van der Waals surface area contributed by atoms with Crippen molar-refractivity contribution in [1.82, 2.24) is 4.98 Å². The van der Waals surface area contributed by atoms with Gasteiger partial charge in [0.2, 0.25) is 5.91 Å². The van der Waals surface area contributed by atoms with Gasteiger partial charge in [-0.15, -0.1) is 0 Å². The molecule has 0 radical (unpaired) electrons. The van der Waals surface area contributed by atoms with Crippen LogP contribution in [0.15, 0.2) is 12.3 Å². The molecule has 1 aliphatic heterocycles. The highest BCUT2D eigenvalue weighted by Gasteiger charge is 2.23. The molecule has 1 aromatic heterocycles. The summed E-state index contributed by atoms with van der Waals surface area (Å²) in [5, 5.41) is 2.80. The molecule has 1 unspecified atom stereocenters. The Kier molecular flexibility index (Phi) is 3.83. The first-order valence-corrected chi connectivity index (χ1v) is 5.44. The normalized spacial score (nSPS) is 18.4. The lowest BCUT2D eigenvalue weighted by atomic mass is 9.94. The fourth-order valence-electron chi connectivity index (χ4n) is 1.59. The Morgan fingerprint density at radius 1 is 1.47 bits per heavy atom. The lowest BCUT2D eigenvalue weighted by Gasteiger charge is -2.21. The fraction of sp³-hybridized carbons (Fsp3) is 0.500. The summed E-state index contributed by atoms with van der Waals surface area (Å²) in [6.07, 6.45) is 2.53. The van der Waals surface area contributed by atoms with Crippen molar-refractivity contribution in [2.75, 3.05) is 5.32 Å². The number of fused-ring (bicyclic) bond motifs is 1. The van der Waals surface area contributed by atoms with Crippen LogP contribution >= 0.6 is 0 Å². The van der Waals surface area contributed by atoms with Gasteiger partial charge in [-0.3, -0.25) is 4.79 Å². The molecule has 0 spiro atoms. The summed E-state index contributed by atoms with van der Waals surface area (Å²) in [6.45, 7) is 7.98. The molecular formula is C12H18N2O. The maximum absolute atomic E-state index is 11.3. The maximum atomic E-state index is 11.3. The number of carbonyl (C=O) groups excluding carboxylic acids is 1. The quantitative estimate of drug-likeness (QED) is 0.708. The van der Waals surface area contributed by atoms with Crippen molar-refractivity contribution >= 4 is 11.7 Å². The average Bonchev–Trinajstić information content (AvgIpc) is 2.24. The van der Waals surface area contributed by atoms with Crippen LogP contribution in [0.2, 0.25) is 0 Å². The first kappa shape index (κ1) is 11.7. The molecule has 3 nitrogen and oxygen atoms in total. The Hall–Kier alpha value is -1.38. The van der Waals surface area contributed by atoms with Crippen LogP contribution in [0.5, 0.6) is 0 Å². The summed E-state index contributed by atoms with van der Waals surface area (Å²) in [5.41, 5.74) is 2.38. The first-order valence-electron chi connectivity index (χ1n) is 5.44. The first-order chi connectivity index (χ1) is 7.18. The molecule has 1 aromatic rings. The molecule has 0 fully saturated rings. The molecule has 1 aliphatic rings. The van der Waals surface area contributed by atoms with Crippen molar-refractivity contribution < 1.29 is 4.79 Å². The van der Waals surface area contributed by atoms with Crippen molar-refractivity contribution in [1.29, 1.82) is 0 Å². The number of aryl methyl sites for hydroxylation is 1. The zero-order valence-electron chi connectivity index (χ0n) is 9.79. The Bertz CT molecular complexity index is 361. The maximum Gasteiger partial charge on any atom is 0.228 e. The molecule has 0 saturated heterocycles. The number of aromatic nitrogens is 1. The number of amides is 1. The minimum Gasteiger partial charge on any atom is -0.310 e. The van der Waals surface area contributed by atoms with Crippen LogP contribution in [0.4, 0.5) is 5.82 Å². The van der Waals surface area contributed by atoms with Crippen molar-refractivity contribution in [3.05, 3.63) is 23.4 Å². The second-order valence-electron chi connectivity index (χ2n) is 3.55. The number of pyridine rings is 1. The van der Waals surface area contributed by atoms with Gasteiger partial charge >= 0.3 is 0 Å². The summed E-state index contributed by atoms with van der Waals surface area (Å²) in [7, 11) is 0. The summed E-state index contributed by atoms with van der Waals surface area (Å²) in [6, 6.07) is 1.98. The van der Waals surface area contributed by atoms with E-state index in [-0.39, 0.29) is 11.8 Å². The zero-order chi connectivity index (χ0) is 11.4. The standard InChI is InChI=1S/C10H12N2O.C2H6/c1-6-3-4-11-9-8(6)5-7(2)10(13)12-9;1-2/h3-4,7H,5H2,1-2H3,(H,11,12,13);1-2H3. The van der Waals surface area contributed by atoms with Gasteiger partial charge < -0.3 is 5.32 Å². The van der Waals surface area contributed by atoms with Gasteiger partial charge in [0.25, 0.3) is 0 Å². The predicted molar refractivity (Wildman–Crippen MR) is 61.8 cm³/mol. The third-order valence-corrected chi connectivity index (χ3v) is 2.49. The van der Waals surface area contributed by atoms with Gasteiger partial charge in [0.15, 0.2) is 0 Å². The highest BCUT2D eigenvalue weighted by molar-refractivity contribution is 5.94. The van der Waals surface area contributed by atoms with E-state index in [0.717, 1.165) is 12.2 Å². The lowest BCUT2D eigenvalue weighted by Crippen LogP contribution is -2.28. The highest BCUT2D eigenvalue weighted by atomic mass is 16.2. The van der Waals surface area contributed by atoms with E-state index < -0.39 is 0 Å². The van der Waals surface area contributed by atoms with Crippen LogP contribution in [0.3, 0.4) is 0 Å². The molecule has 0 bridgehead atoms. The molecule has 0 aromatic carbocycles. The molecule has 15 heavy (non-hydrogen) atoms. The predicted octanol–water partition coefficient (Wildman–Crippen LogP) is 2.55. The number of nitrogens with zero attached hydrogens (tertiary/aromatic N) is 1. The van der Waals surface area contributed by atoms with Crippen molar-refractivity contribution in [3.63, 3.8) is 0 Å². The van der Waals surface area contributed by atoms with Gasteiger partial charge in [-0.1, -0.05) is 20.8 Å². The van der Waals surface area contributed by atoms with E-state index in [1.807, 2.05) is 33.8 Å². The number of hydrogen-bond acceptors (Lipinski definition) is 2. The largest absolute Gasteiger partial charge is 0.310 e. The number of carbonyl (C=O) groups is 1. The van der Waals surface area contributed by atoms with E-state index >= 15 is 0 Å².